The molecule has 1 heterocycles. The molecule has 3 nitrogen and oxygen atoms in total. The highest BCUT2D eigenvalue weighted by molar-refractivity contribution is 7.71. The number of aromatic nitrogens is 2. The molecule has 1 saturated carbocycles. The summed E-state index contributed by atoms with van der Waals surface area (Å²) in [5, 5.41) is 0. The third-order valence-electron chi connectivity index (χ3n) is 3.82. The predicted molar refractivity (Wildman–Crippen MR) is 76.2 cm³/mol. The van der Waals surface area contributed by atoms with Crippen molar-refractivity contribution in [3.63, 3.8) is 0 Å². The second-order valence-corrected chi connectivity index (χ2v) is 5.68. The number of aromatic amines is 1. The number of imidazole rings is 1. The van der Waals surface area contributed by atoms with Crippen LogP contribution in [0, 0.1) is 4.77 Å². The fourth-order valence-electron chi connectivity index (χ4n) is 2.61. The van der Waals surface area contributed by atoms with Crippen LogP contribution in [0.1, 0.15) is 26.2 Å². The van der Waals surface area contributed by atoms with E-state index < -0.39 is 11.7 Å². The number of para-hydroxylation sites is 1. The van der Waals surface area contributed by atoms with Gasteiger partial charge in [-0.1, -0.05) is 13.0 Å². The van der Waals surface area contributed by atoms with Gasteiger partial charge in [0.15, 0.2) is 4.77 Å². The Morgan fingerprint density at radius 3 is 2.67 bits per heavy atom. The van der Waals surface area contributed by atoms with E-state index in [1.807, 2.05) is 6.92 Å². The van der Waals surface area contributed by atoms with E-state index in [-0.39, 0.29) is 17.6 Å². The highest BCUT2D eigenvalue weighted by atomic mass is 32.1. The Morgan fingerprint density at radius 2 is 2.10 bits per heavy atom. The minimum atomic E-state index is -4.30. The van der Waals surface area contributed by atoms with Crippen LogP contribution in [0.2, 0.25) is 0 Å². The fraction of sp³-hybridized carbons (Fsp3) is 0.500. The minimum Gasteiger partial charge on any atom is -0.491 e. The number of H-pyrrole nitrogens is 1. The first kappa shape index (κ1) is 14.4. The zero-order chi connectivity index (χ0) is 15.3. The normalized spacial score (nSPS) is 17.1. The van der Waals surface area contributed by atoms with Crippen molar-refractivity contribution in [2.75, 3.05) is 6.61 Å². The molecule has 1 aromatic heterocycles. The SMILES string of the molecule is CCCOc1cccc2c1[nH]c(=S)n2C1(C(F)(F)F)CC1. The number of nitrogens with one attached hydrogen (secondary N) is 1. The van der Waals surface area contributed by atoms with E-state index >= 15 is 0 Å². The van der Waals surface area contributed by atoms with Crippen LogP contribution in [0.5, 0.6) is 5.75 Å². The number of hydrogen-bond donors (Lipinski definition) is 1. The predicted octanol–water partition coefficient (Wildman–Crippen LogP) is 4.54. The van der Waals surface area contributed by atoms with Gasteiger partial charge in [-0.2, -0.15) is 13.2 Å². The Balaban J connectivity index is 2.18. The number of hydrogen-bond acceptors (Lipinski definition) is 2. The average Bonchev–Trinajstić information content (AvgIpc) is 3.14. The second-order valence-electron chi connectivity index (χ2n) is 5.29. The van der Waals surface area contributed by atoms with Gasteiger partial charge in [0.1, 0.15) is 16.8 Å². The van der Waals surface area contributed by atoms with Crippen molar-refractivity contribution in [3.05, 3.63) is 23.0 Å². The standard InChI is InChI=1S/C14H15F3N2OS/c1-2-8-20-10-5-3-4-9-11(10)18-12(21)19(9)13(6-7-13)14(15,16)17/h3-5H,2,6-8H2,1H3,(H,18,21). The first-order chi connectivity index (χ1) is 9.90. The molecular formula is C14H15F3N2OS. The zero-order valence-electron chi connectivity index (χ0n) is 11.5. The highest BCUT2D eigenvalue weighted by Gasteiger charge is 2.65. The summed E-state index contributed by atoms with van der Waals surface area (Å²) in [6, 6.07) is 5.08. The molecule has 0 amide bonds. The Labute approximate surface area is 124 Å². The topological polar surface area (TPSA) is 29.9 Å². The van der Waals surface area contributed by atoms with Gasteiger partial charge in [0.2, 0.25) is 0 Å². The maximum absolute atomic E-state index is 13.4. The van der Waals surface area contributed by atoms with Crippen LogP contribution in [-0.4, -0.2) is 22.3 Å². The van der Waals surface area contributed by atoms with E-state index in [0.717, 1.165) is 6.42 Å². The lowest BCUT2D eigenvalue weighted by Gasteiger charge is -2.21. The van der Waals surface area contributed by atoms with E-state index in [4.69, 9.17) is 17.0 Å². The summed E-state index contributed by atoms with van der Waals surface area (Å²) in [6.07, 6.45) is -3.35. The van der Waals surface area contributed by atoms with Crippen molar-refractivity contribution in [2.45, 2.75) is 37.9 Å². The molecule has 2 aromatic rings. The molecular weight excluding hydrogens is 301 g/mol. The minimum absolute atomic E-state index is 0.0673. The number of halogens is 3. The van der Waals surface area contributed by atoms with Gasteiger partial charge in [0, 0.05) is 0 Å². The van der Waals surface area contributed by atoms with Crippen molar-refractivity contribution >= 4 is 23.3 Å². The van der Waals surface area contributed by atoms with Crippen LogP contribution in [0.25, 0.3) is 11.0 Å². The van der Waals surface area contributed by atoms with Gasteiger partial charge in [0.05, 0.1) is 12.1 Å². The molecule has 0 radical (unpaired) electrons. The molecule has 0 atom stereocenters. The quantitative estimate of drug-likeness (QED) is 0.839. The van der Waals surface area contributed by atoms with Crippen LogP contribution < -0.4 is 4.74 Å². The van der Waals surface area contributed by atoms with E-state index in [2.05, 4.69) is 4.98 Å². The largest absolute Gasteiger partial charge is 0.491 e. The summed E-state index contributed by atoms with van der Waals surface area (Å²) in [4.78, 5) is 2.88. The van der Waals surface area contributed by atoms with Crippen molar-refractivity contribution in [2.24, 2.45) is 0 Å². The van der Waals surface area contributed by atoms with E-state index in [1.165, 1.54) is 4.57 Å². The van der Waals surface area contributed by atoms with Crippen molar-refractivity contribution in [1.82, 2.24) is 9.55 Å². The number of benzene rings is 1. The molecule has 0 bridgehead atoms. The maximum Gasteiger partial charge on any atom is 0.412 e. The molecule has 0 unspecified atom stereocenters. The van der Waals surface area contributed by atoms with Crippen LogP contribution in [0.4, 0.5) is 13.2 Å². The smallest absolute Gasteiger partial charge is 0.412 e. The molecule has 0 saturated heterocycles. The molecule has 114 valence electrons. The molecule has 1 N–H and O–H groups in total. The third-order valence-corrected chi connectivity index (χ3v) is 4.11. The summed E-state index contributed by atoms with van der Waals surface area (Å²) < 4.78 is 47.0. The number of ether oxygens (including phenoxy) is 1. The Kier molecular flexibility index (Phi) is 3.27. The van der Waals surface area contributed by atoms with Gasteiger partial charge < -0.3 is 14.3 Å². The fourth-order valence-corrected chi connectivity index (χ4v) is 2.99. The highest BCUT2D eigenvalue weighted by Crippen LogP contribution is 2.56. The number of fused-ring (bicyclic) bond motifs is 1. The van der Waals surface area contributed by atoms with Gasteiger partial charge in [-0.15, -0.1) is 0 Å². The average molecular weight is 316 g/mol. The first-order valence-corrected chi connectivity index (χ1v) is 7.25. The van der Waals surface area contributed by atoms with Crippen molar-refractivity contribution in [1.29, 1.82) is 0 Å². The molecule has 1 aliphatic rings. The van der Waals surface area contributed by atoms with E-state index in [1.54, 1.807) is 18.2 Å². The van der Waals surface area contributed by atoms with Gasteiger partial charge in [-0.3, -0.25) is 0 Å². The molecule has 21 heavy (non-hydrogen) atoms. The Bertz CT molecular complexity index is 728. The molecule has 0 spiro atoms. The van der Waals surface area contributed by atoms with Crippen LogP contribution in [0.15, 0.2) is 18.2 Å². The molecule has 1 aromatic carbocycles. The molecule has 1 fully saturated rings. The number of alkyl halides is 3. The molecule has 1 aliphatic carbocycles. The lowest BCUT2D eigenvalue weighted by atomic mass is 10.2. The van der Waals surface area contributed by atoms with Gasteiger partial charge in [-0.05, 0) is 43.6 Å². The summed E-state index contributed by atoms with van der Waals surface area (Å²) in [7, 11) is 0. The monoisotopic (exact) mass is 316 g/mol. The van der Waals surface area contributed by atoms with Crippen molar-refractivity contribution < 1.29 is 17.9 Å². The van der Waals surface area contributed by atoms with Gasteiger partial charge in [0.25, 0.3) is 0 Å². The maximum atomic E-state index is 13.4. The molecule has 0 aliphatic heterocycles. The Hall–Kier alpha value is -1.50. The lowest BCUT2D eigenvalue weighted by Crippen LogP contribution is -2.34. The van der Waals surface area contributed by atoms with Crippen LogP contribution in [-0.2, 0) is 5.54 Å². The second kappa shape index (κ2) is 4.76. The lowest BCUT2D eigenvalue weighted by molar-refractivity contribution is -0.179. The van der Waals surface area contributed by atoms with Crippen LogP contribution >= 0.6 is 12.2 Å². The zero-order valence-corrected chi connectivity index (χ0v) is 12.3. The van der Waals surface area contributed by atoms with Gasteiger partial charge >= 0.3 is 6.18 Å². The third kappa shape index (κ3) is 2.14. The van der Waals surface area contributed by atoms with E-state index in [9.17, 15) is 13.2 Å². The number of nitrogens with zero attached hydrogens (tertiary/aromatic N) is 1. The Morgan fingerprint density at radius 1 is 1.38 bits per heavy atom. The summed E-state index contributed by atoms with van der Waals surface area (Å²) >= 11 is 5.13. The first-order valence-electron chi connectivity index (χ1n) is 6.84. The number of rotatable bonds is 4. The summed E-state index contributed by atoms with van der Waals surface area (Å²) in [5.41, 5.74) is -0.874. The van der Waals surface area contributed by atoms with E-state index in [0.29, 0.717) is 23.4 Å². The van der Waals surface area contributed by atoms with Crippen LogP contribution in [0.3, 0.4) is 0 Å². The molecule has 3 rings (SSSR count). The molecule has 7 heteroatoms. The van der Waals surface area contributed by atoms with Gasteiger partial charge in [-0.25, -0.2) is 0 Å². The summed E-state index contributed by atoms with van der Waals surface area (Å²) in [5.74, 6) is 0.539. The summed E-state index contributed by atoms with van der Waals surface area (Å²) in [6.45, 7) is 2.48. The van der Waals surface area contributed by atoms with Crippen molar-refractivity contribution in [3.8, 4) is 5.75 Å².